The summed E-state index contributed by atoms with van der Waals surface area (Å²) in [6.45, 7) is 5.74. The highest BCUT2D eigenvalue weighted by molar-refractivity contribution is 7.09. The molecule has 2 aliphatic heterocycles. The van der Waals surface area contributed by atoms with Crippen molar-refractivity contribution in [2.45, 2.75) is 44.8 Å². The summed E-state index contributed by atoms with van der Waals surface area (Å²) in [5.41, 5.74) is -0.628. The number of alkyl halides is 2. The second-order valence-electron chi connectivity index (χ2n) is 10.3. The van der Waals surface area contributed by atoms with Gasteiger partial charge in [0, 0.05) is 36.3 Å². The highest BCUT2D eigenvalue weighted by atomic mass is 35.5. The average molecular weight is 586 g/mol. The first-order valence-electron chi connectivity index (χ1n) is 11.6. The molecule has 0 aliphatic carbocycles. The summed E-state index contributed by atoms with van der Waals surface area (Å²) in [4.78, 5) is 34.2. The van der Waals surface area contributed by atoms with Crippen LogP contribution in [-0.2, 0) is 22.0 Å². The smallest absolute Gasteiger partial charge is 0.410 e. The van der Waals surface area contributed by atoms with Crippen molar-refractivity contribution in [2.75, 3.05) is 19.6 Å². The van der Waals surface area contributed by atoms with E-state index in [9.17, 15) is 9.59 Å². The van der Waals surface area contributed by atoms with Gasteiger partial charge in [-0.3, -0.25) is 9.78 Å². The summed E-state index contributed by atoms with van der Waals surface area (Å²) in [5, 5.41) is 7.64. The largest absolute Gasteiger partial charge is 0.444 e. The zero-order valence-electron chi connectivity index (χ0n) is 20.6. The molecule has 2 fully saturated rings. The van der Waals surface area contributed by atoms with E-state index in [1.54, 1.807) is 37.4 Å². The molecule has 38 heavy (non-hydrogen) atoms. The second kappa shape index (κ2) is 9.42. The van der Waals surface area contributed by atoms with Crippen molar-refractivity contribution < 1.29 is 27.5 Å². The number of likely N-dealkylation sites (tertiary alicyclic amines) is 2. The maximum absolute atomic E-state index is 15.3. The summed E-state index contributed by atoms with van der Waals surface area (Å²) in [6.07, 6.45) is 1.10. The van der Waals surface area contributed by atoms with Crippen molar-refractivity contribution in [3.63, 3.8) is 0 Å². The molecule has 9 nitrogen and oxygen atoms in total. The van der Waals surface area contributed by atoms with Crippen LogP contribution in [-0.4, -0.2) is 62.2 Å². The summed E-state index contributed by atoms with van der Waals surface area (Å²) in [5.74, 6) is -5.64. The van der Waals surface area contributed by atoms with Gasteiger partial charge in [0.2, 0.25) is 11.8 Å². The fraction of sp³-hybridized carbons (Fsp3) is 0.458. The zero-order chi connectivity index (χ0) is 27.5. The van der Waals surface area contributed by atoms with Gasteiger partial charge in [0.1, 0.15) is 5.60 Å². The number of ether oxygens (including phenoxy) is 1. The van der Waals surface area contributed by atoms with E-state index in [1.165, 1.54) is 22.3 Å². The Bertz CT molecular complexity index is 1370. The number of nitrogens with zero attached hydrogens (tertiary/aromatic N) is 5. The quantitative estimate of drug-likeness (QED) is 0.398. The molecule has 1 spiro atoms. The number of aromatic nitrogens is 3. The number of amides is 2. The summed E-state index contributed by atoms with van der Waals surface area (Å²) in [6, 6.07) is 3.42. The van der Waals surface area contributed by atoms with Crippen molar-refractivity contribution in [3.8, 4) is 0 Å². The van der Waals surface area contributed by atoms with Crippen LogP contribution in [0.2, 0.25) is 10.0 Å². The maximum Gasteiger partial charge on any atom is 0.410 e. The number of carbonyl (C=O) groups excluding carboxylic acids is 2. The van der Waals surface area contributed by atoms with Gasteiger partial charge in [-0.1, -0.05) is 29.3 Å². The van der Waals surface area contributed by atoms with E-state index in [1.807, 2.05) is 0 Å². The third-order valence-electron chi connectivity index (χ3n) is 6.50. The molecular formula is C24H23Cl2F2N5O4S. The molecule has 202 valence electrons. The predicted octanol–water partition coefficient (Wildman–Crippen LogP) is 5.34. The van der Waals surface area contributed by atoms with Crippen molar-refractivity contribution in [2.24, 2.45) is 5.41 Å². The second-order valence-corrected chi connectivity index (χ2v) is 12.1. The lowest BCUT2D eigenvalue weighted by molar-refractivity contribution is -0.145. The van der Waals surface area contributed by atoms with E-state index in [-0.39, 0.29) is 48.0 Å². The van der Waals surface area contributed by atoms with Crippen molar-refractivity contribution >= 4 is 46.5 Å². The summed E-state index contributed by atoms with van der Waals surface area (Å²) in [7, 11) is 0. The molecule has 0 bridgehead atoms. The molecule has 3 aromatic rings. The number of hydrogen-bond donors (Lipinski definition) is 0. The van der Waals surface area contributed by atoms with Crippen LogP contribution in [0.3, 0.4) is 0 Å². The predicted molar refractivity (Wildman–Crippen MR) is 134 cm³/mol. The molecule has 1 unspecified atom stereocenters. The zero-order valence-corrected chi connectivity index (χ0v) is 22.9. The first-order chi connectivity index (χ1) is 17.8. The number of hydrogen-bond acceptors (Lipinski definition) is 8. The van der Waals surface area contributed by atoms with Gasteiger partial charge in [-0.15, -0.1) is 21.5 Å². The number of thiazole rings is 1. The van der Waals surface area contributed by atoms with Crippen LogP contribution in [0.5, 0.6) is 0 Å². The van der Waals surface area contributed by atoms with Gasteiger partial charge in [-0.25, -0.2) is 4.79 Å². The summed E-state index contributed by atoms with van der Waals surface area (Å²) < 4.78 is 41.5. The van der Waals surface area contributed by atoms with Crippen LogP contribution in [0.1, 0.15) is 48.9 Å². The molecule has 1 atom stereocenters. The Kier molecular flexibility index (Phi) is 6.64. The average Bonchev–Trinajstić information content (AvgIpc) is 3.54. The van der Waals surface area contributed by atoms with Crippen LogP contribution < -0.4 is 0 Å². The number of carbonyl (C=O) groups is 2. The van der Waals surface area contributed by atoms with Crippen molar-refractivity contribution in [1.29, 1.82) is 0 Å². The standard InChI is InChI=1S/C24H23Cl2F2N5O4S/c1-22(2,3)37-21(35)33-10-23(11-33)15(9-32(20(23)34)8-14-7-29-12-38-14)18-30-31-19(36-18)24(27,28)13-4-5-16(25)17(26)6-13/h4-7,12,15H,8-11H2,1-3H3. The Balaban J connectivity index is 1.44. The maximum atomic E-state index is 15.3. The van der Waals surface area contributed by atoms with Crippen molar-refractivity contribution in [3.05, 3.63) is 62.2 Å². The molecule has 2 aliphatic rings. The van der Waals surface area contributed by atoms with E-state index in [4.69, 9.17) is 32.4 Å². The van der Waals surface area contributed by atoms with Crippen molar-refractivity contribution in [1.82, 2.24) is 25.0 Å². The lowest BCUT2D eigenvalue weighted by Crippen LogP contribution is -2.64. The highest BCUT2D eigenvalue weighted by Crippen LogP contribution is 2.51. The lowest BCUT2D eigenvalue weighted by atomic mass is 9.71. The third-order valence-corrected chi connectivity index (χ3v) is 8.00. The topological polar surface area (TPSA) is 102 Å². The van der Waals surface area contributed by atoms with E-state index in [0.29, 0.717) is 0 Å². The molecule has 14 heteroatoms. The Morgan fingerprint density at radius 2 is 1.97 bits per heavy atom. The monoisotopic (exact) mass is 585 g/mol. The Morgan fingerprint density at radius 1 is 1.24 bits per heavy atom. The van der Waals surface area contributed by atoms with Crippen LogP contribution in [0.25, 0.3) is 0 Å². The van der Waals surface area contributed by atoms with Gasteiger partial charge in [-0.2, -0.15) is 8.78 Å². The molecule has 2 saturated heterocycles. The molecule has 2 aromatic heterocycles. The van der Waals surface area contributed by atoms with Gasteiger partial charge in [0.25, 0.3) is 5.89 Å². The SMILES string of the molecule is CC(C)(C)OC(=O)N1CC2(C1)C(=O)N(Cc1cncs1)CC2c1nnc(C(F)(F)c2ccc(Cl)c(Cl)c2)o1. The van der Waals surface area contributed by atoms with E-state index in [0.717, 1.165) is 17.0 Å². The van der Waals surface area contributed by atoms with Gasteiger partial charge in [0.05, 0.1) is 33.4 Å². The Morgan fingerprint density at radius 3 is 2.61 bits per heavy atom. The highest BCUT2D eigenvalue weighted by Gasteiger charge is 2.64. The minimum absolute atomic E-state index is 0.0332. The van der Waals surface area contributed by atoms with E-state index < -0.39 is 40.4 Å². The van der Waals surface area contributed by atoms with E-state index >= 15 is 8.78 Å². The number of rotatable bonds is 5. The molecule has 5 rings (SSSR count). The first-order valence-corrected chi connectivity index (χ1v) is 13.3. The minimum Gasteiger partial charge on any atom is -0.444 e. The van der Waals surface area contributed by atoms with Gasteiger partial charge >= 0.3 is 12.0 Å². The number of benzene rings is 1. The van der Waals surface area contributed by atoms with Crippen LogP contribution in [0, 0.1) is 5.41 Å². The first kappa shape index (κ1) is 26.8. The van der Waals surface area contributed by atoms with Crippen LogP contribution in [0.4, 0.5) is 13.6 Å². The van der Waals surface area contributed by atoms with Gasteiger partial charge < -0.3 is 19.0 Å². The van der Waals surface area contributed by atoms with Gasteiger partial charge in [-0.05, 0) is 32.9 Å². The minimum atomic E-state index is -3.65. The number of halogens is 4. The molecule has 2 amide bonds. The molecule has 0 radical (unpaired) electrons. The summed E-state index contributed by atoms with van der Waals surface area (Å²) >= 11 is 13.2. The molecule has 1 aromatic carbocycles. The molecule has 0 saturated carbocycles. The van der Waals surface area contributed by atoms with Gasteiger partial charge in [0.15, 0.2) is 0 Å². The van der Waals surface area contributed by atoms with Crippen LogP contribution >= 0.6 is 34.5 Å². The third kappa shape index (κ3) is 4.73. The fourth-order valence-corrected chi connectivity index (χ4v) is 5.57. The molecule has 4 heterocycles. The molecule has 0 N–H and O–H groups in total. The fourth-order valence-electron chi connectivity index (χ4n) is 4.66. The Labute approximate surface area is 230 Å². The molecular weight excluding hydrogens is 563 g/mol. The lowest BCUT2D eigenvalue weighted by Gasteiger charge is -2.48. The van der Waals surface area contributed by atoms with Crippen LogP contribution in [0.15, 0.2) is 34.3 Å². The normalized spacial score (nSPS) is 19.2. The Hall–Kier alpha value is -2.83. The van der Waals surface area contributed by atoms with E-state index in [2.05, 4.69) is 15.2 Å².